The van der Waals surface area contributed by atoms with Gasteiger partial charge in [-0.15, -0.1) is 6.58 Å². The van der Waals surface area contributed by atoms with Gasteiger partial charge in [0.1, 0.15) is 0 Å². The van der Waals surface area contributed by atoms with Crippen molar-refractivity contribution in [3.8, 4) is 0 Å². The first-order valence-electron chi connectivity index (χ1n) is 6.73. The zero-order chi connectivity index (χ0) is 14.2. The van der Waals surface area contributed by atoms with Crippen molar-refractivity contribution in [1.29, 1.82) is 0 Å². The molecule has 0 saturated heterocycles. The van der Waals surface area contributed by atoms with Crippen LogP contribution in [0, 0.1) is 5.92 Å². The Labute approximate surface area is 120 Å². The summed E-state index contributed by atoms with van der Waals surface area (Å²) in [5.41, 5.74) is 1.89. The molecule has 2 aromatic rings. The molecular formula is C19H18O. The fourth-order valence-electron chi connectivity index (χ4n) is 1.98. The molecule has 0 N–H and O–H groups in total. The predicted molar refractivity (Wildman–Crippen MR) is 84.6 cm³/mol. The van der Waals surface area contributed by atoms with Crippen LogP contribution in [0.15, 0.2) is 79.4 Å². The number of ketones is 1. The molecule has 0 radical (unpaired) electrons. The lowest BCUT2D eigenvalue weighted by Crippen LogP contribution is -2.04. The lowest BCUT2D eigenvalue weighted by molar-refractivity contribution is 0.0975. The Bertz CT molecular complexity index is 582. The molecule has 0 spiro atoms. The number of Topliss-reactive ketones (excluding diaryl/α,β-unsaturated/α-hetero) is 1. The zero-order valence-electron chi connectivity index (χ0n) is 11.4. The molecule has 0 saturated carbocycles. The summed E-state index contributed by atoms with van der Waals surface area (Å²) in [4.78, 5) is 12.1. The molecule has 0 amide bonds. The maximum atomic E-state index is 12.1. The first-order valence-corrected chi connectivity index (χ1v) is 6.73. The molecule has 1 nitrogen and oxygen atoms in total. The average molecular weight is 262 g/mol. The summed E-state index contributed by atoms with van der Waals surface area (Å²) in [6.45, 7) is 3.82. The monoisotopic (exact) mass is 262 g/mol. The van der Waals surface area contributed by atoms with Crippen LogP contribution in [0.5, 0.6) is 0 Å². The van der Waals surface area contributed by atoms with Gasteiger partial charge in [0.05, 0.1) is 0 Å². The number of carbonyl (C=O) groups is 1. The van der Waals surface area contributed by atoms with E-state index in [2.05, 4.69) is 6.58 Å². The summed E-state index contributed by atoms with van der Waals surface area (Å²) >= 11 is 0. The number of rotatable bonds is 6. The molecule has 0 bridgehead atoms. The molecule has 20 heavy (non-hydrogen) atoms. The summed E-state index contributed by atoms with van der Waals surface area (Å²) in [6, 6.07) is 19.4. The van der Waals surface area contributed by atoms with Crippen molar-refractivity contribution in [2.45, 2.75) is 6.42 Å². The highest BCUT2D eigenvalue weighted by Gasteiger charge is 2.09. The van der Waals surface area contributed by atoms with Crippen molar-refractivity contribution < 1.29 is 4.79 Å². The highest BCUT2D eigenvalue weighted by molar-refractivity contribution is 5.96. The standard InChI is InChI=1S/C19H18O/c1-2-16(13-14-17-9-5-3-6-10-17)15-19(20)18-11-7-4-8-12-18/h2-14,16H,1,15H2/b14-13+. The lowest BCUT2D eigenvalue weighted by Gasteiger charge is -2.06. The fourth-order valence-corrected chi connectivity index (χ4v) is 1.98. The highest BCUT2D eigenvalue weighted by Crippen LogP contribution is 2.14. The Balaban J connectivity index is 2.01. The normalized spacial score (nSPS) is 12.2. The largest absolute Gasteiger partial charge is 0.294 e. The van der Waals surface area contributed by atoms with Crippen LogP contribution in [0.3, 0.4) is 0 Å². The van der Waals surface area contributed by atoms with E-state index in [0.717, 1.165) is 11.1 Å². The van der Waals surface area contributed by atoms with E-state index in [1.165, 1.54) is 0 Å². The van der Waals surface area contributed by atoms with Crippen molar-refractivity contribution in [2.75, 3.05) is 0 Å². The van der Waals surface area contributed by atoms with Crippen LogP contribution in [-0.4, -0.2) is 5.78 Å². The van der Waals surface area contributed by atoms with Crippen LogP contribution in [0.4, 0.5) is 0 Å². The Morgan fingerprint density at radius 1 is 1.00 bits per heavy atom. The van der Waals surface area contributed by atoms with E-state index in [4.69, 9.17) is 0 Å². The first kappa shape index (κ1) is 14.0. The maximum absolute atomic E-state index is 12.1. The van der Waals surface area contributed by atoms with Crippen LogP contribution >= 0.6 is 0 Å². The number of benzene rings is 2. The molecule has 1 unspecified atom stereocenters. The van der Waals surface area contributed by atoms with E-state index < -0.39 is 0 Å². The molecule has 0 heterocycles. The van der Waals surface area contributed by atoms with Crippen LogP contribution in [0.2, 0.25) is 0 Å². The van der Waals surface area contributed by atoms with Gasteiger partial charge in [0.15, 0.2) is 5.78 Å². The van der Waals surface area contributed by atoms with Crippen LogP contribution in [0.25, 0.3) is 6.08 Å². The molecule has 0 aromatic heterocycles. The second-order valence-electron chi connectivity index (χ2n) is 4.66. The van der Waals surface area contributed by atoms with Gasteiger partial charge in [0, 0.05) is 17.9 Å². The Morgan fingerprint density at radius 3 is 2.20 bits per heavy atom. The van der Waals surface area contributed by atoms with E-state index in [-0.39, 0.29) is 11.7 Å². The van der Waals surface area contributed by atoms with E-state index in [0.29, 0.717) is 6.42 Å². The summed E-state index contributed by atoms with van der Waals surface area (Å²) in [6.07, 6.45) is 6.34. The molecular weight excluding hydrogens is 244 g/mol. The van der Waals surface area contributed by atoms with E-state index in [1.54, 1.807) is 0 Å². The molecule has 1 atom stereocenters. The van der Waals surface area contributed by atoms with Gasteiger partial charge in [0.25, 0.3) is 0 Å². The van der Waals surface area contributed by atoms with Crippen molar-refractivity contribution in [3.63, 3.8) is 0 Å². The van der Waals surface area contributed by atoms with Gasteiger partial charge in [-0.1, -0.05) is 78.9 Å². The van der Waals surface area contributed by atoms with E-state index in [1.807, 2.05) is 78.9 Å². The Kier molecular flexibility index (Phi) is 5.08. The van der Waals surface area contributed by atoms with Gasteiger partial charge >= 0.3 is 0 Å². The van der Waals surface area contributed by atoms with Gasteiger partial charge in [-0.2, -0.15) is 0 Å². The molecule has 100 valence electrons. The molecule has 0 fully saturated rings. The smallest absolute Gasteiger partial charge is 0.163 e. The molecule has 0 aliphatic rings. The second kappa shape index (κ2) is 7.25. The van der Waals surface area contributed by atoms with Gasteiger partial charge < -0.3 is 0 Å². The number of hydrogen-bond donors (Lipinski definition) is 0. The van der Waals surface area contributed by atoms with Gasteiger partial charge in [-0.3, -0.25) is 4.79 Å². The van der Waals surface area contributed by atoms with E-state index >= 15 is 0 Å². The fraction of sp³-hybridized carbons (Fsp3) is 0.105. The van der Waals surface area contributed by atoms with Crippen molar-refractivity contribution in [1.82, 2.24) is 0 Å². The average Bonchev–Trinajstić information content (AvgIpc) is 2.53. The third-order valence-electron chi connectivity index (χ3n) is 3.16. The van der Waals surface area contributed by atoms with Crippen LogP contribution < -0.4 is 0 Å². The minimum Gasteiger partial charge on any atom is -0.294 e. The Hall–Kier alpha value is -2.41. The number of allylic oxidation sites excluding steroid dienone is 2. The maximum Gasteiger partial charge on any atom is 0.163 e. The van der Waals surface area contributed by atoms with Crippen molar-refractivity contribution in [3.05, 3.63) is 90.5 Å². The minimum atomic E-state index is 0.0583. The third kappa shape index (κ3) is 4.06. The first-order chi connectivity index (χ1) is 9.79. The number of carbonyl (C=O) groups excluding carboxylic acids is 1. The molecule has 0 aliphatic heterocycles. The molecule has 2 aromatic carbocycles. The molecule has 0 aliphatic carbocycles. The highest BCUT2D eigenvalue weighted by atomic mass is 16.1. The summed E-state index contributed by atoms with van der Waals surface area (Å²) in [5.74, 6) is 0.205. The summed E-state index contributed by atoms with van der Waals surface area (Å²) in [7, 11) is 0. The predicted octanol–water partition coefficient (Wildman–Crippen LogP) is 4.78. The summed E-state index contributed by atoms with van der Waals surface area (Å²) in [5, 5.41) is 0. The molecule has 1 heteroatoms. The SMILES string of the molecule is C=CC(/C=C/c1ccccc1)CC(=O)c1ccccc1. The van der Waals surface area contributed by atoms with Gasteiger partial charge in [0.2, 0.25) is 0 Å². The minimum absolute atomic E-state index is 0.0583. The summed E-state index contributed by atoms with van der Waals surface area (Å²) < 4.78 is 0. The van der Waals surface area contributed by atoms with E-state index in [9.17, 15) is 4.79 Å². The third-order valence-corrected chi connectivity index (χ3v) is 3.16. The second-order valence-corrected chi connectivity index (χ2v) is 4.66. The molecule has 2 rings (SSSR count). The number of hydrogen-bond acceptors (Lipinski definition) is 1. The van der Waals surface area contributed by atoms with Gasteiger partial charge in [-0.05, 0) is 5.56 Å². The van der Waals surface area contributed by atoms with Gasteiger partial charge in [-0.25, -0.2) is 0 Å². The van der Waals surface area contributed by atoms with Crippen LogP contribution in [-0.2, 0) is 0 Å². The van der Waals surface area contributed by atoms with Crippen molar-refractivity contribution in [2.24, 2.45) is 5.92 Å². The Morgan fingerprint density at radius 2 is 1.60 bits per heavy atom. The zero-order valence-corrected chi connectivity index (χ0v) is 11.4. The van der Waals surface area contributed by atoms with Crippen molar-refractivity contribution >= 4 is 11.9 Å². The van der Waals surface area contributed by atoms with Crippen LogP contribution in [0.1, 0.15) is 22.3 Å². The topological polar surface area (TPSA) is 17.1 Å². The quantitative estimate of drug-likeness (QED) is 0.541. The lowest BCUT2D eigenvalue weighted by atomic mass is 9.97.